The number of carbonyl (C=O) groups is 1. The van der Waals surface area contributed by atoms with E-state index in [0.717, 1.165) is 32.4 Å². The Bertz CT molecular complexity index is 1520. The normalized spacial score (nSPS) is 13.4. The van der Waals surface area contributed by atoms with Crippen molar-refractivity contribution >= 4 is 51.4 Å². The number of oxazole rings is 1. The van der Waals surface area contributed by atoms with Gasteiger partial charge in [0.2, 0.25) is 5.89 Å². The van der Waals surface area contributed by atoms with Crippen molar-refractivity contribution in [2.45, 2.75) is 19.3 Å². The van der Waals surface area contributed by atoms with Gasteiger partial charge in [-0.15, -0.1) is 0 Å². The number of hydrogen-bond donors (Lipinski definition) is 2. The van der Waals surface area contributed by atoms with Gasteiger partial charge in [0.15, 0.2) is 10.7 Å². The molecular weight excluding hydrogens is 497 g/mol. The third kappa shape index (κ3) is 5.41. The van der Waals surface area contributed by atoms with Crippen LogP contribution in [0.15, 0.2) is 65.1 Å². The van der Waals surface area contributed by atoms with Gasteiger partial charge in [0.1, 0.15) is 17.0 Å². The standard InChI is InChI=1S/C26H22FN5O4S/c27-18-6-4-5-17(13-18)25-29-20-15-19(8-10-23(20)36-25)28-26(37)30-24(33)16-7-9-21(22(14-16)32(34)35)31-11-2-1-3-12-31/h4-10,13-15H,1-3,11-12H2,(H2,28,30,33,37). The summed E-state index contributed by atoms with van der Waals surface area (Å²) in [5, 5.41) is 17.2. The van der Waals surface area contributed by atoms with E-state index in [1.54, 1.807) is 42.5 Å². The van der Waals surface area contributed by atoms with Gasteiger partial charge in [-0.05, 0) is 80.0 Å². The van der Waals surface area contributed by atoms with Gasteiger partial charge in [0, 0.05) is 36.0 Å². The predicted octanol–water partition coefficient (Wildman–Crippen LogP) is 5.66. The highest BCUT2D eigenvalue weighted by molar-refractivity contribution is 7.80. The van der Waals surface area contributed by atoms with Crippen molar-refractivity contribution in [2.75, 3.05) is 23.3 Å². The molecule has 2 heterocycles. The van der Waals surface area contributed by atoms with E-state index in [9.17, 15) is 19.3 Å². The molecule has 0 bridgehead atoms. The summed E-state index contributed by atoms with van der Waals surface area (Å²) >= 11 is 5.27. The summed E-state index contributed by atoms with van der Waals surface area (Å²) in [6.45, 7) is 1.50. The van der Waals surface area contributed by atoms with Crippen molar-refractivity contribution in [2.24, 2.45) is 0 Å². The van der Waals surface area contributed by atoms with E-state index in [0.29, 0.717) is 28.0 Å². The number of aromatic nitrogens is 1. The second kappa shape index (κ2) is 10.3. The minimum Gasteiger partial charge on any atom is -0.436 e. The Kier molecular flexibility index (Phi) is 6.78. The van der Waals surface area contributed by atoms with Crippen molar-refractivity contribution in [3.63, 3.8) is 0 Å². The average molecular weight is 520 g/mol. The number of nitro benzene ring substituents is 1. The number of fused-ring (bicyclic) bond motifs is 1. The minimum atomic E-state index is -0.568. The number of nitrogens with one attached hydrogen (secondary N) is 2. The highest BCUT2D eigenvalue weighted by atomic mass is 32.1. The Hall–Kier alpha value is -4.38. The SMILES string of the molecule is O=C(NC(=S)Nc1ccc2oc(-c3cccc(F)c3)nc2c1)c1ccc(N2CCCCC2)c([N+](=O)[O-])c1. The minimum absolute atomic E-state index is 0.0148. The van der Waals surface area contributed by atoms with Gasteiger partial charge in [-0.25, -0.2) is 9.37 Å². The van der Waals surface area contributed by atoms with Crippen molar-refractivity contribution < 1.29 is 18.5 Å². The number of rotatable bonds is 5. The first kappa shape index (κ1) is 24.3. The number of nitro groups is 1. The Morgan fingerprint density at radius 2 is 1.89 bits per heavy atom. The number of carbonyl (C=O) groups excluding carboxylic acids is 1. The molecule has 1 amide bonds. The van der Waals surface area contributed by atoms with Crippen molar-refractivity contribution in [3.8, 4) is 11.5 Å². The number of thiocarbonyl (C=S) groups is 1. The van der Waals surface area contributed by atoms with Crippen LogP contribution in [-0.4, -0.2) is 34.0 Å². The molecule has 0 saturated carbocycles. The molecule has 1 fully saturated rings. The fraction of sp³-hybridized carbons (Fsp3) is 0.192. The number of benzene rings is 3. The molecule has 1 aliphatic heterocycles. The number of halogens is 1. The van der Waals surface area contributed by atoms with E-state index in [2.05, 4.69) is 15.6 Å². The highest BCUT2D eigenvalue weighted by Crippen LogP contribution is 2.31. The van der Waals surface area contributed by atoms with Gasteiger partial charge < -0.3 is 14.6 Å². The molecule has 3 aromatic carbocycles. The van der Waals surface area contributed by atoms with Crippen molar-refractivity contribution in [1.29, 1.82) is 0 Å². The monoisotopic (exact) mass is 519 g/mol. The topological polar surface area (TPSA) is 114 Å². The maximum absolute atomic E-state index is 13.5. The van der Waals surface area contributed by atoms with E-state index in [1.807, 2.05) is 4.90 Å². The van der Waals surface area contributed by atoms with Crippen molar-refractivity contribution in [3.05, 3.63) is 82.2 Å². The molecule has 1 aliphatic rings. The summed E-state index contributed by atoms with van der Waals surface area (Å²) in [5.74, 6) is -0.687. The van der Waals surface area contributed by atoms with Crippen LogP contribution < -0.4 is 15.5 Å². The first-order valence-electron chi connectivity index (χ1n) is 11.7. The maximum atomic E-state index is 13.5. The van der Waals surface area contributed by atoms with Crippen LogP contribution in [0.2, 0.25) is 0 Å². The molecule has 1 saturated heterocycles. The smallest absolute Gasteiger partial charge is 0.293 e. The molecule has 9 nitrogen and oxygen atoms in total. The summed E-state index contributed by atoms with van der Waals surface area (Å²) in [5.41, 5.74) is 2.60. The molecule has 11 heteroatoms. The molecule has 188 valence electrons. The van der Waals surface area contributed by atoms with Crippen LogP contribution in [0.3, 0.4) is 0 Å². The average Bonchev–Trinajstić information content (AvgIpc) is 3.32. The number of hydrogen-bond acceptors (Lipinski definition) is 7. The van der Waals surface area contributed by atoms with Crippen LogP contribution in [0, 0.1) is 15.9 Å². The largest absolute Gasteiger partial charge is 0.436 e. The second-order valence-corrected chi connectivity index (χ2v) is 9.04. The summed E-state index contributed by atoms with van der Waals surface area (Å²) < 4.78 is 19.3. The molecule has 0 aliphatic carbocycles. The summed E-state index contributed by atoms with van der Waals surface area (Å²) in [7, 11) is 0. The summed E-state index contributed by atoms with van der Waals surface area (Å²) in [6.07, 6.45) is 3.06. The van der Waals surface area contributed by atoms with E-state index >= 15 is 0 Å². The van der Waals surface area contributed by atoms with Gasteiger partial charge in [-0.2, -0.15) is 0 Å². The predicted molar refractivity (Wildman–Crippen MR) is 142 cm³/mol. The summed E-state index contributed by atoms with van der Waals surface area (Å²) in [4.78, 5) is 30.4. The second-order valence-electron chi connectivity index (χ2n) is 8.63. The molecule has 37 heavy (non-hydrogen) atoms. The molecule has 0 atom stereocenters. The van der Waals surface area contributed by atoms with Gasteiger partial charge in [-0.3, -0.25) is 20.2 Å². The molecule has 1 aromatic heterocycles. The number of nitrogens with zero attached hydrogens (tertiary/aromatic N) is 3. The maximum Gasteiger partial charge on any atom is 0.293 e. The van der Waals surface area contributed by atoms with E-state index < -0.39 is 16.6 Å². The molecule has 0 unspecified atom stereocenters. The van der Waals surface area contributed by atoms with Crippen LogP contribution in [-0.2, 0) is 0 Å². The number of amides is 1. The van der Waals surface area contributed by atoms with E-state index in [4.69, 9.17) is 16.6 Å². The zero-order valence-electron chi connectivity index (χ0n) is 19.6. The fourth-order valence-corrected chi connectivity index (χ4v) is 4.51. The third-order valence-electron chi connectivity index (χ3n) is 6.08. The Labute approximate surface area is 216 Å². The van der Waals surface area contributed by atoms with Crippen molar-refractivity contribution in [1.82, 2.24) is 10.3 Å². The Morgan fingerprint density at radius 3 is 2.65 bits per heavy atom. The lowest BCUT2D eigenvalue weighted by Crippen LogP contribution is -2.34. The lowest BCUT2D eigenvalue weighted by Gasteiger charge is -2.28. The molecule has 5 rings (SSSR count). The van der Waals surface area contributed by atoms with Crippen LogP contribution in [0.1, 0.15) is 29.6 Å². The van der Waals surface area contributed by atoms with E-state index in [1.165, 1.54) is 18.2 Å². The molecular formula is C26H22FN5O4S. The third-order valence-corrected chi connectivity index (χ3v) is 6.28. The lowest BCUT2D eigenvalue weighted by atomic mass is 10.1. The molecule has 0 spiro atoms. The number of anilines is 2. The Balaban J connectivity index is 1.28. The van der Waals surface area contributed by atoms with Gasteiger partial charge in [0.05, 0.1) is 4.92 Å². The first-order valence-corrected chi connectivity index (χ1v) is 12.1. The van der Waals surface area contributed by atoms with Gasteiger partial charge in [0.25, 0.3) is 11.6 Å². The molecule has 0 radical (unpaired) electrons. The summed E-state index contributed by atoms with van der Waals surface area (Å²) in [6, 6.07) is 15.4. The zero-order valence-corrected chi connectivity index (χ0v) is 20.4. The fourth-order valence-electron chi connectivity index (χ4n) is 4.30. The van der Waals surface area contributed by atoms with Crippen LogP contribution in [0.5, 0.6) is 0 Å². The lowest BCUT2D eigenvalue weighted by molar-refractivity contribution is -0.384. The van der Waals surface area contributed by atoms with Gasteiger partial charge >= 0.3 is 0 Å². The first-order chi connectivity index (χ1) is 17.9. The quantitative estimate of drug-likeness (QED) is 0.197. The Morgan fingerprint density at radius 1 is 1.08 bits per heavy atom. The van der Waals surface area contributed by atoms with Crippen LogP contribution in [0.4, 0.5) is 21.5 Å². The molecule has 2 N–H and O–H groups in total. The van der Waals surface area contributed by atoms with E-state index in [-0.39, 0.29) is 22.3 Å². The van der Waals surface area contributed by atoms with Gasteiger partial charge in [-0.1, -0.05) is 6.07 Å². The zero-order chi connectivity index (χ0) is 25.9. The highest BCUT2D eigenvalue weighted by Gasteiger charge is 2.23. The number of piperidine rings is 1. The van der Waals surface area contributed by atoms with Crippen LogP contribution >= 0.6 is 12.2 Å². The molecule has 4 aromatic rings. The van der Waals surface area contributed by atoms with Crippen LogP contribution in [0.25, 0.3) is 22.6 Å².